The van der Waals surface area contributed by atoms with Gasteiger partial charge < -0.3 is 9.64 Å². The van der Waals surface area contributed by atoms with E-state index in [9.17, 15) is 9.18 Å². The summed E-state index contributed by atoms with van der Waals surface area (Å²) in [4.78, 5) is 13.3. The van der Waals surface area contributed by atoms with Gasteiger partial charge >= 0.3 is 0 Å². The van der Waals surface area contributed by atoms with Crippen LogP contribution >= 0.6 is 11.6 Å². The molecule has 19 heavy (non-hydrogen) atoms. The lowest BCUT2D eigenvalue weighted by atomic mass is 10.2. The summed E-state index contributed by atoms with van der Waals surface area (Å²) in [6.45, 7) is 0.831. The highest BCUT2D eigenvalue weighted by atomic mass is 35.5. The van der Waals surface area contributed by atoms with E-state index < -0.39 is 0 Å². The molecule has 1 rings (SSSR count). The number of alkyl halides is 1. The van der Waals surface area contributed by atoms with E-state index in [0.717, 1.165) is 12.8 Å². The molecule has 0 aliphatic heterocycles. The van der Waals surface area contributed by atoms with E-state index in [0.29, 0.717) is 31.2 Å². The van der Waals surface area contributed by atoms with Gasteiger partial charge in [-0.3, -0.25) is 4.79 Å². The van der Waals surface area contributed by atoms with Crippen molar-refractivity contribution in [2.45, 2.75) is 19.3 Å². The third-order valence-corrected chi connectivity index (χ3v) is 2.96. The molecule has 0 saturated heterocycles. The summed E-state index contributed by atoms with van der Waals surface area (Å²) < 4.78 is 18.3. The van der Waals surface area contributed by atoms with Crippen LogP contribution in [0, 0.1) is 5.82 Å². The number of carbonyl (C=O) groups excluding carboxylic acids is 1. The smallest absolute Gasteiger partial charge is 0.222 e. The first-order valence-corrected chi connectivity index (χ1v) is 6.85. The first-order valence-electron chi connectivity index (χ1n) is 6.32. The van der Waals surface area contributed by atoms with Crippen LogP contribution in [0.25, 0.3) is 0 Å². The molecule has 0 saturated carbocycles. The van der Waals surface area contributed by atoms with E-state index in [1.165, 1.54) is 12.1 Å². The minimum atomic E-state index is -0.331. The SMILES string of the molecule is CN(CCOc1cccc(F)c1)C(=O)CCCCCl. The molecule has 0 bridgehead atoms. The number of carbonyl (C=O) groups is 1. The average Bonchev–Trinajstić information content (AvgIpc) is 2.39. The van der Waals surface area contributed by atoms with Crippen LogP contribution in [-0.2, 0) is 4.79 Å². The van der Waals surface area contributed by atoms with Gasteiger partial charge in [-0.2, -0.15) is 0 Å². The molecule has 0 radical (unpaired) electrons. The molecule has 1 aromatic rings. The Hall–Kier alpha value is -1.29. The number of ether oxygens (including phenoxy) is 1. The summed E-state index contributed by atoms with van der Waals surface area (Å²) in [6.07, 6.45) is 2.15. The lowest BCUT2D eigenvalue weighted by molar-refractivity contribution is -0.130. The molecule has 1 aromatic carbocycles. The van der Waals surface area contributed by atoms with E-state index >= 15 is 0 Å². The zero-order valence-electron chi connectivity index (χ0n) is 11.1. The van der Waals surface area contributed by atoms with Crippen molar-refractivity contribution in [3.05, 3.63) is 30.1 Å². The highest BCUT2D eigenvalue weighted by molar-refractivity contribution is 6.17. The van der Waals surface area contributed by atoms with E-state index in [1.54, 1.807) is 24.1 Å². The predicted octanol–water partition coefficient (Wildman–Crippen LogP) is 3.07. The third-order valence-electron chi connectivity index (χ3n) is 2.69. The van der Waals surface area contributed by atoms with Gasteiger partial charge in [0.1, 0.15) is 18.2 Å². The highest BCUT2D eigenvalue weighted by Gasteiger charge is 2.08. The van der Waals surface area contributed by atoms with Gasteiger partial charge in [0.25, 0.3) is 0 Å². The maximum absolute atomic E-state index is 12.9. The van der Waals surface area contributed by atoms with Crippen molar-refractivity contribution >= 4 is 17.5 Å². The molecule has 0 unspecified atom stereocenters. The van der Waals surface area contributed by atoms with Crippen molar-refractivity contribution in [1.29, 1.82) is 0 Å². The summed E-state index contributed by atoms with van der Waals surface area (Å²) >= 11 is 5.55. The lowest BCUT2D eigenvalue weighted by Gasteiger charge is -2.17. The van der Waals surface area contributed by atoms with Crippen LogP contribution in [-0.4, -0.2) is 36.9 Å². The molecule has 0 aliphatic rings. The maximum Gasteiger partial charge on any atom is 0.222 e. The van der Waals surface area contributed by atoms with Gasteiger partial charge in [0.15, 0.2) is 0 Å². The Kier molecular flexibility index (Phi) is 7.26. The second kappa shape index (κ2) is 8.75. The molecule has 106 valence electrons. The number of benzene rings is 1. The molecule has 1 amide bonds. The third kappa shape index (κ3) is 6.43. The molecule has 3 nitrogen and oxygen atoms in total. The van der Waals surface area contributed by atoms with Crippen molar-refractivity contribution in [2.75, 3.05) is 26.1 Å². The number of hydrogen-bond donors (Lipinski definition) is 0. The molecular weight excluding hydrogens is 269 g/mol. The van der Waals surface area contributed by atoms with E-state index in [-0.39, 0.29) is 11.7 Å². The van der Waals surface area contributed by atoms with Crippen molar-refractivity contribution < 1.29 is 13.9 Å². The number of unbranched alkanes of at least 4 members (excludes halogenated alkanes) is 1. The Balaban J connectivity index is 2.23. The Morgan fingerprint density at radius 3 is 2.89 bits per heavy atom. The van der Waals surface area contributed by atoms with E-state index in [2.05, 4.69) is 0 Å². The van der Waals surface area contributed by atoms with Gasteiger partial charge in [-0.05, 0) is 25.0 Å². The van der Waals surface area contributed by atoms with Gasteiger partial charge in [0.05, 0.1) is 6.54 Å². The van der Waals surface area contributed by atoms with Gasteiger partial charge in [0, 0.05) is 25.4 Å². The molecule has 0 spiro atoms. The quantitative estimate of drug-likeness (QED) is 0.543. The minimum Gasteiger partial charge on any atom is -0.492 e. The first kappa shape index (κ1) is 15.8. The van der Waals surface area contributed by atoms with Crippen molar-refractivity contribution in [3.63, 3.8) is 0 Å². The second-order valence-corrected chi connectivity index (χ2v) is 4.65. The number of rotatable bonds is 8. The second-order valence-electron chi connectivity index (χ2n) is 4.27. The van der Waals surface area contributed by atoms with Crippen LogP contribution in [0.5, 0.6) is 5.75 Å². The molecule has 5 heteroatoms. The fourth-order valence-electron chi connectivity index (χ4n) is 1.54. The maximum atomic E-state index is 12.9. The molecular formula is C14H19ClFNO2. The molecule has 0 aromatic heterocycles. The topological polar surface area (TPSA) is 29.5 Å². The van der Waals surface area contributed by atoms with Crippen molar-refractivity contribution in [3.8, 4) is 5.75 Å². The van der Waals surface area contributed by atoms with Crippen LogP contribution in [0.3, 0.4) is 0 Å². The van der Waals surface area contributed by atoms with E-state index in [4.69, 9.17) is 16.3 Å². The summed E-state index contributed by atoms with van der Waals surface area (Å²) in [5.41, 5.74) is 0. The summed E-state index contributed by atoms with van der Waals surface area (Å²) in [7, 11) is 1.73. The fraction of sp³-hybridized carbons (Fsp3) is 0.500. The molecule has 0 N–H and O–H groups in total. The largest absolute Gasteiger partial charge is 0.492 e. The zero-order chi connectivity index (χ0) is 14.1. The Morgan fingerprint density at radius 1 is 1.42 bits per heavy atom. The summed E-state index contributed by atoms with van der Waals surface area (Å²) in [5.74, 6) is 0.804. The van der Waals surface area contributed by atoms with Crippen LogP contribution in [0.15, 0.2) is 24.3 Å². The predicted molar refractivity (Wildman–Crippen MR) is 74.1 cm³/mol. The fourth-order valence-corrected chi connectivity index (χ4v) is 1.73. The first-order chi connectivity index (χ1) is 9.13. The Labute approximate surface area is 118 Å². The van der Waals surface area contributed by atoms with Crippen LogP contribution in [0.4, 0.5) is 4.39 Å². The molecule has 0 fully saturated rings. The molecule has 0 atom stereocenters. The van der Waals surface area contributed by atoms with E-state index in [1.807, 2.05) is 0 Å². The van der Waals surface area contributed by atoms with Gasteiger partial charge in [-0.15, -0.1) is 11.6 Å². The Morgan fingerprint density at radius 2 is 2.21 bits per heavy atom. The number of likely N-dealkylation sites (N-methyl/N-ethyl adjacent to an activating group) is 1. The van der Waals surface area contributed by atoms with Gasteiger partial charge in [0.2, 0.25) is 5.91 Å². The normalized spacial score (nSPS) is 10.3. The van der Waals surface area contributed by atoms with Crippen LogP contribution < -0.4 is 4.74 Å². The number of nitrogens with zero attached hydrogens (tertiary/aromatic N) is 1. The molecule has 0 heterocycles. The number of hydrogen-bond acceptors (Lipinski definition) is 2. The monoisotopic (exact) mass is 287 g/mol. The minimum absolute atomic E-state index is 0.0768. The molecule has 0 aliphatic carbocycles. The average molecular weight is 288 g/mol. The standard InChI is InChI=1S/C14H19ClFNO2/c1-17(14(18)7-2-3-8-15)9-10-19-13-6-4-5-12(16)11-13/h4-6,11H,2-3,7-10H2,1H3. The number of halogens is 2. The zero-order valence-corrected chi connectivity index (χ0v) is 11.8. The van der Waals surface area contributed by atoms with Gasteiger partial charge in [-0.1, -0.05) is 6.07 Å². The summed E-state index contributed by atoms with van der Waals surface area (Å²) in [5, 5.41) is 0. The summed E-state index contributed by atoms with van der Waals surface area (Å²) in [6, 6.07) is 5.96. The van der Waals surface area contributed by atoms with Crippen LogP contribution in [0.1, 0.15) is 19.3 Å². The van der Waals surface area contributed by atoms with Crippen LogP contribution in [0.2, 0.25) is 0 Å². The van der Waals surface area contributed by atoms with Crippen molar-refractivity contribution in [2.24, 2.45) is 0 Å². The van der Waals surface area contributed by atoms with Gasteiger partial charge in [-0.25, -0.2) is 4.39 Å². The highest BCUT2D eigenvalue weighted by Crippen LogP contribution is 2.11. The van der Waals surface area contributed by atoms with Crippen molar-refractivity contribution in [1.82, 2.24) is 4.90 Å². The lowest BCUT2D eigenvalue weighted by Crippen LogP contribution is -2.30. The Bertz CT molecular complexity index is 401. The number of amides is 1.